The first kappa shape index (κ1) is 24.3. The summed E-state index contributed by atoms with van der Waals surface area (Å²) in [5.74, 6) is -0.219. The topological polar surface area (TPSA) is 79.6 Å². The normalized spacial score (nSPS) is 22.7. The van der Waals surface area contributed by atoms with Crippen LogP contribution in [-0.2, 0) is 4.79 Å². The molecule has 2 amide bonds. The molecule has 186 valence electrons. The van der Waals surface area contributed by atoms with Crippen LogP contribution in [0, 0.1) is 18.8 Å². The van der Waals surface area contributed by atoms with Crippen molar-refractivity contribution >= 4 is 40.3 Å². The zero-order valence-electron chi connectivity index (χ0n) is 21.1. The average molecular weight is 494 g/mol. The van der Waals surface area contributed by atoms with Gasteiger partial charge in [0.25, 0.3) is 11.8 Å². The lowest BCUT2D eigenvalue weighted by Crippen LogP contribution is -2.37. The predicted molar refractivity (Wildman–Crippen MR) is 142 cm³/mol. The van der Waals surface area contributed by atoms with Crippen molar-refractivity contribution in [1.82, 2.24) is 19.8 Å². The Bertz CT molecular complexity index is 1200. The second kappa shape index (κ2) is 9.90. The van der Waals surface area contributed by atoms with E-state index in [9.17, 15) is 9.59 Å². The second-order valence-electron chi connectivity index (χ2n) is 10.2. The number of likely N-dealkylation sites (tertiary alicyclic amines) is 1. The maximum atomic E-state index is 13.5. The molecule has 0 bridgehead atoms. The molecule has 0 spiro atoms. The van der Waals surface area contributed by atoms with Crippen LogP contribution in [0.15, 0.2) is 34.3 Å². The number of pyridine rings is 1. The number of carbonyl (C=O) groups is 2. The minimum absolute atomic E-state index is 0.158. The molecule has 1 saturated heterocycles. The van der Waals surface area contributed by atoms with E-state index in [1.807, 2.05) is 38.3 Å². The highest BCUT2D eigenvalue weighted by atomic mass is 32.2. The molecular weight excluding hydrogens is 458 g/mol. The molecule has 1 N–H and O–H groups in total. The molecule has 4 heterocycles. The molecule has 2 atom stereocenters. The lowest BCUT2D eigenvalue weighted by atomic mass is 9.90. The summed E-state index contributed by atoms with van der Waals surface area (Å²) in [7, 11) is 0. The summed E-state index contributed by atoms with van der Waals surface area (Å²) < 4.78 is 2.27. The number of dihydropyridines is 1. The van der Waals surface area contributed by atoms with Crippen LogP contribution in [0.2, 0.25) is 0 Å². The highest BCUT2D eigenvalue weighted by molar-refractivity contribution is 8.02. The minimum Gasteiger partial charge on any atom is -0.351 e. The van der Waals surface area contributed by atoms with Gasteiger partial charge in [0, 0.05) is 46.5 Å². The van der Waals surface area contributed by atoms with Crippen molar-refractivity contribution in [2.24, 2.45) is 16.8 Å². The Morgan fingerprint density at radius 2 is 1.97 bits per heavy atom. The summed E-state index contributed by atoms with van der Waals surface area (Å²) in [6, 6.07) is 4.96. The third-order valence-corrected chi connectivity index (χ3v) is 8.82. The Hall–Kier alpha value is -2.45. The monoisotopic (exact) mass is 493 g/mol. The van der Waals surface area contributed by atoms with Gasteiger partial charge in [-0.25, -0.2) is 9.98 Å². The number of nitrogens with zero attached hydrogens (tertiary/aromatic N) is 4. The molecule has 7 nitrogen and oxygen atoms in total. The lowest BCUT2D eigenvalue weighted by Gasteiger charge is -2.36. The van der Waals surface area contributed by atoms with Crippen molar-refractivity contribution in [2.75, 3.05) is 25.9 Å². The molecule has 5 rings (SSSR count). The van der Waals surface area contributed by atoms with E-state index in [2.05, 4.69) is 26.7 Å². The van der Waals surface area contributed by atoms with Crippen LogP contribution in [0.5, 0.6) is 0 Å². The summed E-state index contributed by atoms with van der Waals surface area (Å²) >= 11 is 1.53. The fourth-order valence-corrected chi connectivity index (χ4v) is 6.60. The van der Waals surface area contributed by atoms with Crippen molar-refractivity contribution in [3.63, 3.8) is 0 Å². The number of piperidine rings is 1. The van der Waals surface area contributed by atoms with Crippen LogP contribution < -0.4 is 5.32 Å². The minimum atomic E-state index is -0.431. The summed E-state index contributed by atoms with van der Waals surface area (Å²) in [6.45, 7) is 8.70. The van der Waals surface area contributed by atoms with Gasteiger partial charge in [0.1, 0.15) is 5.65 Å². The van der Waals surface area contributed by atoms with Gasteiger partial charge in [0.05, 0.1) is 11.5 Å². The molecule has 0 aromatic carbocycles. The molecule has 35 heavy (non-hydrogen) atoms. The number of hydrogen-bond acceptors (Lipinski definition) is 5. The molecule has 1 saturated carbocycles. The summed E-state index contributed by atoms with van der Waals surface area (Å²) in [6.07, 6.45) is 10.8. The van der Waals surface area contributed by atoms with Crippen molar-refractivity contribution in [2.45, 2.75) is 58.5 Å². The molecule has 2 aromatic heterocycles. The zero-order valence-corrected chi connectivity index (χ0v) is 21.9. The Morgan fingerprint density at radius 1 is 1.23 bits per heavy atom. The Balaban J connectivity index is 1.37. The van der Waals surface area contributed by atoms with Gasteiger partial charge < -0.3 is 14.8 Å². The summed E-state index contributed by atoms with van der Waals surface area (Å²) in [5, 5.41) is 3.91. The first-order valence-electron chi connectivity index (χ1n) is 12.7. The Kier molecular flexibility index (Phi) is 6.86. The van der Waals surface area contributed by atoms with Gasteiger partial charge >= 0.3 is 0 Å². The van der Waals surface area contributed by atoms with Crippen LogP contribution in [-0.4, -0.2) is 63.9 Å². The average Bonchev–Trinajstić information content (AvgIpc) is 3.65. The van der Waals surface area contributed by atoms with Gasteiger partial charge in [-0.2, -0.15) is 0 Å². The number of carbonyl (C=O) groups excluding carboxylic acids is 2. The SMILES string of the molecule is CSC1=CC(C)=NC(=O)C1CNC(=O)c1c(C)n([C@H](C)C2CCN(C3CC3)CC2)c2ncccc12. The van der Waals surface area contributed by atoms with Crippen LogP contribution in [0.3, 0.4) is 0 Å². The molecule has 3 aliphatic rings. The van der Waals surface area contributed by atoms with Gasteiger partial charge in [-0.15, -0.1) is 11.8 Å². The zero-order chi connectivity index (χ0) is 24.7. The van der Waals surface area contributed by atoms with Crippen molar-refractivity contribution < 1.29 is 9.59 Å². The van der Waals surface area contributed by atoms with Crippen molar-refractivity contribution in [1.29, 1.82) is 0 Å². The number of allylic oxidation sites excluding steroid dienone is 1. The fourth-order valence-electron chi connectivity index (χ4n) is 5.85. The summed E-state index contributed by atoms with van der Waals surface area (Å²) in [4.78, 5) is 38.4. The molecule has 8 heteroatoms. The second-order valence-corrected chi connectivity index (χ2v) is 11.0. The van der Waals surface area contributed by atoms with E-state index >= 15 is 0 Å². The first-order chi connectivity index (χ1) is 16.9. The quantitative estimate of drug-likeness (QED) is 0.619. The molecule has 2 aromatic rings. The van der Waals surface area contributed by atoms with E-state index in [4.69, 9.17) is 4.98 Å². The lowest BCUT2D eigenvalue weighted by molar-refractivity contribution is -0.120. The van der Waals surface area contributed by atoms with E-state index < -0.39 is 5.92 Å². The predicted octanol–water partition coefficient (Wildman–Crippen LogP) is 4.37. The fraction of sp³-hybridized carbons (Fsp3) is 0.556. The Labute approximate surface area is 211 Å². The molecule has 2 aliphatic heterocycles. The highest BCUT2D eigenvalue weighted by Gasteiger charge is 2.35. The largest absolute Gasteiger partial charge is 0.351 e. The number of rotatable bonds is 7. The number of thioether (sulfide) groups is 1. The molecule has 1 aliphatic carbocycles. The third-order valence-electron chi connectivity index (χ3n) is 7.94. The van der Waals surface area contributed by atoms with E-state index in [-0.39, 0.29) is 24.4 Å². The number of aliphatic imine (C=N–C) groups is 1. The number of fused-ring (bicyclic) bond motifs is 1. The van der Waals surface area contributed by atoms with Crippen molar-refractivity contribution in [3.05, 3.63) is 40.6 Å². The van der Waals surface area contributed by atoms with E-state index in [1.165, 1.54) is 50.5 Å². The van der Waals surface area contributed by atoms with Gasteiger partial charge in [-0.3, -0.25) is 9.59 Å². The van der Waals surface area contributed by atoms with Gasteiger partial charge in [0.15, 0.2) is 0 Å². The third kappa shape index (κ3) is 4.70. The molecule has 1 unspecified atom stereocenters. The standard InChI is InChI=1S/C27H35N5O2S/c1-16-14-23(35-4)22(26(33)30-16)15-29-27(34)24-18(3)32(25-21(24)6-5-11-28-25)17(2)19-9-12-31(13-10-19)20-7-8-20/h5-6,11,14,17,19-20,22H,7-10,12-13,15H2,1-4H3,(H,29,34)/t17-,22?/m1/s1. The number of amides is 2. The van der Waals surface area contributed by atoms with E-state index in [0.717, 1.165) is 27.7 Å². The maximum absolute atomic E-state index is 13.5. The van der Waals surface area contributed by atoms with E-state index in [1.54, 1.807) is 6.20 Å². The van der Waals surface area contributed by atoms with Gasteiger partial charge in [0.2, 0.25) is 0 Å². The molecule has 2 fully saturated rings. The summed E-state index contributed by atoms with van der Waals surface area (Å²) in [5.41, 5.74) is 3.18. The molecular formula is C27H35N5O2S. The number of hydrogen-bond donors (Lipinski definition) is 1. The highest BCUT2D eigenvalue weighted by Crippen LogP contribution is 2.37. The first-order valence-corrected chi connectivity index (χ1v) is 13.9. The van der Waals surface area contributed by atoms with Crippen LogP contribution in [0.4, 0.5) is 0 Å². The van der Waals surface area contributed by atoms with E-state index in [0.29, 0.717) is 17.2 Å². The van der Waals surface area contributed by atoms with Crippen LogP contribution in [0.25, 0.3) is 11.0 Å². The van der Waals surface area contributed by atoms with Crippen molar-refractivity contribution in [3.8, 4) is 0 Å². The van der Waals surface area contributed by atoms with Crippen LogP contribution in [0.1, 0.15) is 61.6 Å². The Morgan fingerprint density at radius 3 is 2.66 bits per heavy atom. The van der Waals surface area contributed by atoms with Crippen LogP contribution >= 0.6 is 11.8 Å². The number of aromatic nitrogens is 2. The molecule has 0 radical (unpaired) electrons. The number of nitrogens with one attached hydrogen (secondary N) is 1. The van der Waals surface area contributed by atoms with Gasteiger partial charge in [-0.05, 0) is 89.9 Å². The smallest absolute Gasteiger partial charge is 0.255 e. The maximum Gasteiger partial charge on any atom is 0.255 e. The van der Waals surface area contributed by atoms with Gasteiger partial charge in [-0.1, -0.05) is 0 Å².